The Kier molecular flexibility index (Phi) is 7.86. The van der Waals surface area contributed by atoms with Gasteiger partial charge in [-0.25, -0.2) is 0 Å². The third-order valence-electron chi connectivity index (χ3n) is 4.70. The minimum atomic E-state index is 1.17. The first-order chi connectivity index (χ1) is 9.69. The first-order valence-electron chi connectivity index (χ1n) is 8.31. The minimum Gasteiger partial charge on any atom is -0.320 e. The molecule has 0 bridgehead atoms. The number of benzene rings is 1. The van der Waals surface area contributed by atoms with Gasteiger partial charge in [0.1, 0.15) is 6.54 Å². The predicted molar refractivity (Wildman–Crippen MR) is 88.8 cm³/mol. The lowest BCUT2D eigenvalue weighted by Crippen LogP contribution is -2.48. The summed E-state index contributed by atoms with van der Waals surface area (Å²) in [4.78, 5) is 2.53. The molecule has 1 rings (SSSR count). The molecule has 0 amide bonds. The van der Waals surface area contributed by atoms with E-state index in [1.54, 1.807) is 0 Å². The van der Waals surface area contributed by atoms with Gasteiger partial charge in [0.2, 0.25) is 0 Å². The van der Waals surface area contributed by atoms with Crippen LogP contribution in [0, 0.1) is 0 Å². The zero-order valence-electron chi connectivity index (χ0n) is 13.9. The summed E-state index contributed by atoms with van der Waals surface area (Å²) in [5.74, 6) is 0. The average Bonchev–Trinajstić information content (AvgIpc) is 2.51. The Bertz CT molecular complexity index is 340. The van der Waals surface area contributed by atoms with E-state index in [1.807, 2.05) is 0 Å². The van der Waals surface area contributed by atoms with Gasteiger partial charge in [-0.3, -0.25) is 0 Å². The smallest absolute Gasteiger partial charge is 0.104 e. The van der Waals surface area contributed by atoms with E-state index in [9.17, 15) is 0 Å². The molecule has 0 saturated carbocycles. The van der Waals surface area contributed by atoms with Crippen LogP contribution in [-0.2, 0) is 6.54 Å². The zero-order chi connectivity index (χ0) is 14.8. The Morgan fingerprint density at radius 1 is 0.900 bits per heavy atom. The monoisotopic (exact) mass is 277 g/mol. The summed E-state index contributed by atoms with van der Waals surface area (Å²) in [6, 6.07) is 11.0. The van der Waals surface area contributed by atoms with Gasteiger partial charge in [0.15, 0.2) is 0 Å². The second-order valence-corrected chi connectivity index (χ2v) is 5.72. The lowest BCUT2D eigenvalue weighted by atomic mass is 10.1. The fourth-order valence-electron chi connectivity index (χ4n) is 2.98. The number of hydrogen-bond acceptors (Lipinski definition) is 1. The largest absolute Gasteiger partial charge is 0.320 e. The predicted octanol–water partition coefficient (Wildman–Crippen LogP) is 3.78. The summed E-state index contributed by atoms with van der Waals surface area (Å²) in [7, 11) is 0. The second-order valence-electron chi connectivity index (χ2n) is 5.72. The zero-order valence-corrected chi connectivity index (χ0v) is 13.9. The van der Waals surface area contributed by atoms with Crippen molar-refractivity contribution in [3.8, 4) is 0 Å². The van der Waals surface area contributed by atoms with Crippen molar-refractivity contribution < 1.29 is 4.48 Å². The van der Waals surface area contributed by atoms with Crippen molar-refractivity contribution in [2.24, 2.45) is 0 Å². The second kappa shape index (κ2) is 9.15. The highest BCUT2D eigenvalue weighted by Crippen LogP contribution is 2.15. The molecule has 0 heterocycles. The molecule has 0 spiro atoms. The van der Waals surface area contributed by atoms with Gasteiger partial charge in [0, 0.05) is 18.5 Å². The van der Waals surface area contributed by atoms with Crippen LogP contribution in [0.1, 0.15) is 39.7 Å². The standard InChI is InChI=1S/C18H33N2/c1-5-19(6-2)15-12-16-20(7-3,8-4)17-18-13-10-9-11-14-18/h9-11,13-14H,5-8,12,15-17H2,1-4H3/q+1. The number of rotatable bonds is 10. The topological polar surface area (TPSA) is 3.24 Å². The maximum atomic E-state index is 2.53. The van der Waals surface area contributed by atoms with Crippen LogP contribution in [0.5, 0.6) is 0 Å². The highest BCUT2D eigenvalue weighted by Gasteiger charge is 2.23. The van der Waals surface area contributed by atoms with Gasteiger partial charge >= 0.3 is 0 Å². The molecule has 0 N–H and O–H groups in total. The van der Waals surface area contributed by atoms with Gasteiger partial charge in [0.25, 0.3) is 0 Å². The fraction of sp³-hybridized carbons (Fsp3) is 0.667. The molecule has 0 atom stereocenters. The average molecular weight is 277 g/mol. The lowest BCUT2D eigenvalue weighted by Gasteiger charge is -2.37. The van der Waals surface area contributed by atoms with Gasteiger partial charge in [-0.1, -0.05) is 44.2 Å². The van der Waals surface area contributed by atoms with E-state index in [4.69, 9.17) is 0 Å². The number of hydrogen-bond donors (Lipinski definition) is 0. The van der Waals surface area contributed by atoms with Crippen molar-refractivity contribution in [1.82, 2.24) is 4.90 Å². The van der Waals surface area contributed by atoms with E-state index in [1.165, 1.54) is 62.3 Å². The van der Waals surface area contributed by atoms with Crippen LogP contribution < -0.4 is 0 Å². The molecular formula is C18H33N2+. The van der Waals surface area contributed by atoms with Gasteiger partial charge in [0.05, 0.1) is 19.6 Å². The summed E-state index contributed by atoms with van der Waals surface area (Å²) in [6.45, 7) is 17.7. The lowest BCUT2D eigenvalue weighted by molar-refractivity contribution is -0.937. The quantitative estimate of drug-likeness (QED) is 0.588. The van der Waals surface area contributed by atoms with Crippen molar-refractivity contribution in [1.29, 1.82) is 0 Å². The molecule has 114 valence electrons. The van der Waals surface area contributed by atoms with Gasteiger partial charge < -0.3 is 9.38 Å². The van der Waals surface area contributed by atoms with Crippen LogP contribution in [0.3, 0.4) is 0 Å². The molecular weight excluding hydrogens is 244 g/mol. The Hall–Kier alpha value is -0.860. The van der Waals surface area contributed by atoms with Crippen molar-refractivity contribution >= 4 is 0 Å². The minimum absolute atomic E-state index is 1.17. The molecule has 2 heteroatoms. The molecule has 0 unspecified atom stereocenters. The molecule has 0 aliphatic heterocycles. The van der Waals surface area contributed by atoms with Crippen molar-refractivity contribution in [2.75, 3.05) is 39.3 Å². The molecule has 20 heavy (non-hydrogen) atoms. The third-order valence-corrected chi connectivity index (χ3v) is 4.70. The van der Waals surface area contributed by atoms with E-state index in [0.29, 0.717) is 0 Å². The molecule has 1 aromatic rings. The van der Waals surface area contributed by atoms with Gasteiger partial charge in [-0.2, -0.15) is 0 Å². The van der Waals surface area contributed by atoms with Crippen LogP contribution in [0.2, 0.25) is 0 Å². The van der Waals surface area contributed by atoms with Crippen molar-refractivity contribution in [3.05, 3.63) is 35.9 Å². The Balaban J connectivity index is 2.58. The normalized spacial score (nSPS) is 12.1. The van der Waals surface area contributed by atoms with E-state index in [2.05, 4.69) is 62.9 Å². The number of nitrogens with zero attached hydrogens (tertiary/aromatic N) is 2. The summed E-state index contributed by atoms with van der Waals surface area (Å²) in [6.07, 6.45) is 1.30. The maximum Gasteiger partial charge on any atom is 0.104 e. The van der Waals surface area contributed by atoms with Crippen LogP contribution >= 0.6 is 0 Å². The summed E-state index contributed by atoms with van der Waals surface area (Å²) < 4.78 is 1.21. The van der Waals surface area contributed by atoms with Gasteiger partial charge in [-0.05, 0) is 26.9 Å². The van der Waals surface area contributed by atoms with E-state index < -0.39 is 0 Å². The summed E-state index contributed by atoms with van der Waals surface area (Å²) in [5.41, 5.74) is 1.47. The third kappa shape index (κ3) is 5.26. The highest BCUT2D eigenvalue weighted by molar-refractivity contribution is 5.13. The van der Waals surface area contributed by atoms with E-state index >= 15 is 0 Å². The highest BCUT2D eigenvalue weighted by atomic mass is 15.3. The molecule has 0 aliphatic rings. The molecule has 0 fully saturated rings. The summed E-state index contributed by atoms with van der Waals surface area (Å²) in [5, 5.41) is 0. The molecule has 2 nitrogen and oxygen atoms in total. The Labute approximate surface area is 126 Å². The molecule has 0 aliphatic carbocycles. The Morgan fingerprint density at radius 3 is 2.00 bits per heavy atom. The van der Waals surface area contributed by atoms with E-state index in [-0.39, 0.29) is 0 Å². The van der Waals surface area contributed by atoms with Crippen molar-refractivity contribution in [3.63, 3.8) is 0 Å². The van der Waals surface area contributed by atoms with Crippen molar-refractivity contribution in [2.45, 2.75) is 40.7 Å². The molecule has 0 saturated heterocycles. The maximum absolute atomic E-state index is 2.53. The van der Waals surface area contributed by atoms with Crippen LogP contribution in [0.15, 0.2) is 30.3 Å². The first kappa shape index (κ1) is 17.2. The molecule has 0 aromatic heterocycles. The van der Waals surface area contributed by atoms with E-state index in [0.717, 1.165) is 0 Å². The molecule has 1 aromatic carbocycles. The molecule has 0 radical (unpaired) electrons. The Morgan fingerprint density at radius 2 is 1.50 bits per heavy atom. The van der Waals surface area contributed by atoms with Crippen LogP contribution in [0.4, 0.5) is 0 Å². The van der Waals surface area contributed by atoms with Gasteiger partial charge in [-0.15, -0.1) is 0 Å². The number of quaternary nitrogens is 1. The SMILES string of the molecule is CCN(CC)CCC[N+](CC)(CC)Cc1ccccc1. The first-order valence-corrected chi connectivity index (χ1v) is 8.31. The van der Waals surface area contributed by atoms with Crippen LogP contribution in [0.25, 0.3) is 0 Å². The van der Waals surface area contributed by atoms with Crippen LogP contribution in [-0.4, -0.2) is 48.7 Å². The fourth-order valence-corrected chi connectivity index (χ4v) is 2.98. The summed E-state index contributed by atoms with van der Waals surface area (Å²) >= 11 is 0.